The molecule has 0 saturated heterocycles. The molecule has 0 unspecified atom stereocenters. The van der Waals surface area contributed by atoms with Gasteiger partial charge >= 0.3 is 0 Å². The van der Waals surface area contributed by atoms with Crippen molar-refractivity contribution >= 4 is 55.6 Å². The van der Waals surface area contributed by atoms with Crippen LogP contribution in [0.2, 0.25) is 0 Å². The van der Waals surface area contributed by atoms with Gasteiger partial charge in [0.05, 0.1) is 11.0 Å². The number of hydrogen-bond donors (Lipinski definition) is 0. The zero-order valence-corrected chi connectivity index (χ0v) is 38.7. The maximum atomic E-state index is 6.75. The second kappa shape index (κ2) is 16.9. The third-order valence-corrected chi connectivity index (χ3v) is 12.6. The van der Waals surface area contributed by atoms with Crippen LogP contribution in [-0.4, -0.2) is 14.1 Å². The van der Waals surface area contributed by atoms with Gasteiger partial charge in [-0.25, -0.2) is 4.98 Å². The van der Waals surface area contributed by atoms with E-state index in [2.05, 4.69) is 240 Å². The van der Waals surface area contributed by atoms with E-state index in [0.29, 0.717) is 11.5 Å². The zero-order chi connectivity index (χ0) is 44.4. The Morgan fingerprint density at radius 3 is 1.81 bits per heavy atom. The first-order valence-corrected chi connectivity index (χ1v) is 22.4. The van der Waals surface area contributed by atoms with Crippen LogP contribution < -0.4 is 14.5 Å². The molecule has 0 bridgehead atoms. The Morgan fingerprint density at radius 2 is 1.10 bits per heavy atom. The van der Waals surface area contributed by atoms with E-state index in [0.717, 1.165) is 78.2 Å². The van der Waals surface area contributed by atoms with Crippen molar-refractivity contribution in [2.75, 3.05) is 9.80 Å². The van der Waals surface area contributed by atoms with Gasteiger partial charge in [-0.05, 0) is 93.9 Å². The molecule has 6 nitrogen and oxygen atoms in total. The molecule has 0 N–H and O–H groups in total. The van der Waals surface area contributed by atoms with E-state index in [1.165, 1.54) is 16.7 Å². The Hall–Kier alpha value is -7.69. The van der Waals surface area contributed by atoms with Gasteiger partial charge in [0.1, 0.15) is 5.82 Å². The monoisotopic (exact) mass is 956 g/mol. The van der Waals surface area contributed by atoms with E-state index in [1.807, 2.05) is 24.4 Å². The third kappa shape index (κ3) is 7.47. The van der Waals surface area contributed by atoms with Gasteiger partial charge in [0, 0.05) is 71.8 Å². The van der Waals surface area contributed by atoms with Gasteiger partial charge in [-0.3, -0.25) is 0 Å². The standard InChI is InChI=1S/C60H44N5O.Pd/c1-60(2,3)45-32-33-61-57(37-45)65-56-39-50(30-31-52(56)58-59(65)51-26-13-14-27-53(51)64(58)46-22-11-6-12-23-46)66-49-25-17-24-47(38-49)62-40-63(55-29-16-15-28-54(55)62)48-35-43(41-18-7-4-8-19-41)34-44(36-48)42-20-9-5-10-21-42;/h4-37,40H,1-3H3;/q-3;. The topological polar surface area (TPSA) is 38.5 Å². The van der Waals surface area contributed by atoms with Crippen LogP contribution in [0.15, 0.2) is 206 Å². The summed E-state index contributed by atoms with van der Waals surface area (Å²) in [5.41, 5.74) is 15.1. The average Bonchev–Trinajstić information content (AvgIpc) is 4.02. The Labute approximate surface area is 404 Å². The van der Waals surface area contributed by atoms with Gasteiger partial charge in [-0.15, -0.1) is 42.7 Å². The maximum absolute atomic E-state index is 6.75. The molecule has 328 valence electrons. The van der Waals surface area contributed by atoms with Crippen molar-refractivity contribution in [3.63, 3.8) is 0 Å². The van der Waals surface area contributed by atoms with Crippen LogP contribution in [0.3, 0.4) is 0 Å². The number of ether oxygens (including phenoxy) is 1. The van der Waals surface area contributed by atoms with E-state index < -0.39 is 0 Å². The van der Waals surface area contributed by atoms with Gasteiger partial charge in [0.25, 0.3) is 0 Å². The summed E-state index contributed by atoms with van der Waals surface area (Å²) >= 11 is 0. The SMILES string of the molecule is CC(C)(C)c1ccnc(-n2c3[c-]c(Oc4[c-]c(N5[CH-]N(c6cc(-c7ccccc7)cc(-c7ccccc7)c6)c6ccccc65)ccc4)ccc3c3c2c2ccccc2n3-c2ccccc2)c1.[Pd]. The van der Waals surface area contributed by atoms with Crippen molar-refractivity contribution in [2.45, 2.75) is 26.2 Å². The van der Waals surface area contributed by atoms with Crippen LogP contribution in [0.5, 0.6) is 11.5 Å². The summed E-state index contributed by atoms with van der Waals surface area (Å²) in [6, 6.07) is 77.6. The summed E-state index contributed by atoms with van der Waals surface area (Å²) in [4.78, 5) is 9.47. The molecule has 12 rings (SSSR count). The van der Waals surface area contributed by atoms with Gasteiger partial charge in [-0.2, -0.15) is 12.1 Å². The van der Waals surface area contributed by atoms with Crippen LogP contribution in [0.25, 0.3) is 66.6 Å². The van der Waals surface area contributed by atoms with E-state index >= 15 is 0 Å². The number of pyridine rings is 1. The molecule has 0 atom stereocenters. The fraction of sp³-hybridized carbons (Fsp3) is 0.0667. The quantitative estimate of drug-likeness (QED) is 0.112. The molecule has 8 aromatic carbocycles. The Kier molecular flexibility index (Phi) is 10.6. The molecule has 0 saturated carbocycles. The smallest absolute Gasteiger partial charge is 0.135 e. The largest absolute Gasteiger partial charge is 0.509 e. The van der Waals surface area contributed by atoms with Crippen LogP contribution in [0.1, 0.15) is 26.3 Å². The Bertz CT molecular complexity index is 3540. The summed E-state index contributed by atoms with van der Waals surface area (Å²) < 4.78 is 11.4. The van der Waals surface area contributed by atoms with Crippen LogP contribution in [0.4, 0.5) is 22.7 Å². The van der Waals surface area contributed by atoms with Gasteiger partial charge in [-0.1, -0.05) is 141 Å². The van der Waals surface area contributed by atoms with Crippen LogP contribution >= 0.6 is 0 Å². The number of aromatic nitrogens is 3. The molecule has 7 heteroatoms. The van der Waals surface area contributed by atoms with Crippen molar-refractivity contribution in [3.8, 4) is 45.3 Å². The molecular formula is C60H44N5OPd-3. The predicted octanol–water partition coefficient (Wildman–Crippen LogP) is 15.6. The number of nitrogens with zero attached hydrogens (tertiary/aromatic N) is 5. The number of anilines is 4. The van der Waals surface area contributed by atoms with E-state index in [-0.39, 0.29) is 25.8 Å². The summed E-state index contributed by atoms with van der Waals surface area (Å²) in [6.07, 6.45) is 1.92. The number of hydrogen-bond acceptors (Lipinski definition) is 4. The third-order valence-electron chi connectivity index (χ3n) is 12.6. The molecule has 11 aromatic rings. The molecule has 0 radical (unpaired) electrons. The van der Waals surface area contributed by atoms with Crippen molar-refractivity contribution < 1.29 is 25.2 Å². The summed E-state index contributed by atoms with van der Waals surface area (Å²) in [5.74, 6) is 2.00. The molecule has 1 aliphatic heterocycles. The van der Waals surface area contributed by atoms with Crippen molar-refractivity contribution in [2.24, 2.45) is 0 Å². The van der Waals surface area contributed by atoms with Gasteiger partial charge < -0.3 is 23.7 Å². The fourth-order valence-corrected chi connectivity index (χ4v) is 9.39. The summed E-state index contributed by atoms with van der Waals surface area (Å²) in [7, 11) is 0. The Morgan fingerprint density at radius 1 is 0.493 bits per heavy atom. The number of para-hydroxylation sites is 4. The van der Waals surface area contributed by atoms with E-state index in [1.54, 1.807) is 0 Å². The van der Waals surface area contributed by atoms with Gasteiger partial charge in [0.2, 0.25) is 0 Å². The normalized spacial score (nSPS) is 12.5. The van der Waals surface area contributed by atoms with Crippen LogP contribution in [0, 0.1) is 18.8 Å². The van der Waals surface area contributed by atoms with Crippen LogP contribution in [-0.2, 0) is 25.8 Å². The second-order valence-electron chi connectivity index (χ2n) is 17.8. The van der Waals surface area contributed by atoms with E-state index in [9.17, 15) is 0 Å². The summed E-state index contributed by atoms with van der Waals surface area (Å²) in [5, 5.41) is 2.18. The van der Waals surface area contributed by atoms with Crippen molar-refractivity contribution in [1.82, 2.24) is 14.1 Å². The zero-order valence-electron chi connectivity index (χ0n) is 37.2. The average molecular weight is 957 g/mol. The molecule has 1 aliphatic rings. The fourth-order valence-electron chi connectivity index (χ4n) is 9.39. The molecule has 0 aliphatic carbocycles. The molecule has 0 spiro atoms. The minimum atomic E-state index is -0.0712. The first-order chi connectivity index (χ1) is 32.4. The Balaban J connectivity index is 0.00000494. The van der Waals surface area contributed by atoms with Gasteiger partial charge in [0.15, 0.2) is 0 Å². The van der Waals surface area contributed by atoms with Crippen molar-refractivity contribution in [3.05, 3.63) is 231 Å². The first-order valence-electron chi connectivity index (χ1n) is 22.4. The van der Waals surface area contributed by atoms with Crippen molar-refractivity contribution in [1.29, 1.82) is 0 Å². The number of rotatable bonds is 8. The molecule has 67 heavy (non-hydrogen) atoms. The first kappa shape index (κ1) is 42.0. The predicted molar refractivity (Wildman–Crippen MR) is 271 cm³/mol. The molecule has 3 aromatic heterocycles. The molecular weight excluding hydrogens is 913 g/mol. The maximum Gasteiger partial charge on any atom is 0.135 e. The molecule has 4 heterocycles. The number of benzene rings is 8. The summed E-state index contributed by atoms with van der Waals surface area (Å²) in [6.45, 7) is 8.86. The molecule has 0 amide bonds. The van der Waals surface area contributed by atoms with E-state index in [4.69, 9.17) is 9.72 Å². The number of fused-ring (bicyclic) bond motifs is 6. The minimum Gasteiger partial charge on any atom is -0.509 e. The second-order valence-corrected chi connectivity index (χ2v) is 17.8. The molecule has 0 fully saturated rings. The minimum absolute atomic E-state index is 0.